The number of carbonyl (C=O) groups is 5. The minimum atomic E-state index is -0.924. The summed E-state index contributed by atoms with van der Waals surface area (Å²) in [6, 6.07) is 7.14. The molecule has 1 fully saturated rings. The molecule has 0 saturated carbocycles. The Labute approximate surface area is 176 Å². The van der Waals surface area contributed by atoms with Crippen LogP contribution in [0.2, 0.25) is 0 Å². The minimum Gasteiger partial charge on any atom is -0.504 e. The second kappa shape index (κ2) is 9.08. The Morgan fingerprint density at radius 1 is 1.10 bits per heavy atom. The van der Waals surface area contributed by atoms with Crippen molar-refractivity contribution in [1.82, 2.24) is 16.0 Å². The predicted octanol–water partition coefficient (Wildman–Crippen LogP) is 0.375. The van der Waals surface area contributed by atoms with Crippen molar-refractivity contribution in [2.75, 3.05) is 0 Å². The number of imide groups is 1. The van der Waals surface area contributed by atoms with E-state index < -0.39 is 35.4 Å². The van der Waals surface area contributed by atoms with Gasteiger partial charge in [-0.25, -0.2) is 0 Å². The van der Waals surface area contributed by atoms with Gasteiger partial charge in [0.1, 0.15) is 6.04 Å². The molecule has 5 N–H and O–H groups in total. The number of nitrogens with one attached hydrogen (secondary N) is 3. The lowest BCUT2D eigenvalue weighted by Crippen LogP contribution is -2.52. The number of phenolic OH excluding ortho intramolecular Hbond substituents is 2. The van der Waals surface area contributed by atoms with Crippen LogP contribution in [0.25, 0.3) is 0 Å². The van der Waals surface area contributed by atoms with Crippen LogP contribution in [0.15, 0.2) is 36.4 Å². The Bertz CT molecular complexity index is 1080. The highest BCUT2D eigenvalue weighted by Crippen LogP contribution is 2.25. The fourth-order valence-electron chi connectivity index (χ4n) is 3.15. The average Bonchev–Trinajstić information content (AvgIpc) is 2.75. The van der Waals surface area contributed by atoms with Crippen molar-refractivity contribution in [1.29, 1.82) is 0 Å². The second-order valence-corrected chi connectivity index (χ2v) is 6.86. The molecule has 0 aliphatic carbocycles. The van der Waals surface area contributed by atoms with E-state index in [0.717, 1.165) is 12.1 Å². The smallest absolute Gasteiger partial charge is 0.253 e. The molecule has 10 nitrogen and oxygen atoms in total. The van der Waals surface area contributed by atoms with Gasteiger partial charge in [0, 0.05) is 24.1 Å². The number of piperidine rings is 1. The average molecular weight is 425 g/mol. The summed E-state index contributed by atoms with van der Waals surface area (Å²) in [7, 11) is 0. The van der Waals surface area contributed by atoms with Gasteiger partial charge < -0.3 is 20.8 Å². The molecular formula is C21H19N3O7. The zero-order chi connectivity index (χ0) is 22.5. The number of aldehydes is 1. The van der Waals surface area contributed by atoms with Crippen molar-refractivity contribution in [2.45, 2.75) is 25.4 Å². The van der Waals surface area contributed by atoms with Crippen molar-refractivity contribution in [3.63, 3.8) is 0 Å². The summed E-state index contributed by atoms with van der Waals surface area (Å²) in [4.78, 5) is 59.8. The van der Waals surface area contributed by atoms with Gasteiger partial charge in [-0.05, 0) is 30.2 Å². The zero-order valence-corrected chi connectivity index (χ0v) is 16.2. The largest absolute Gasteiger partial charge is 0.504 e. The maximum Gasteiger partial charge on any atom is 0.253 e. The summed E-state index contributed by atoms with van der Waals surface area (Å²) < 4.78 is 0. The summed E-state index contributed by atoms with van der Waals surface area (Å²) in [6.45, 7) is -0.125. The third kappa shape index (κ3) is 4.86. The van der Waals surface area contributed by atoms with Crippen LogP contribution in [-0.2, 0) is 16.1 Å². The molecule has 31 heavy (non-hydrogen) atoms. The van der Waals surface area contributed by atoms with Crippen LogP contribution < -0.4 is 16.0 Å². The molecule has 0 aromatic heterocycles. The van der Waals surface area contributed by atoms with E-state index in [4.69, 9.17) is 0 Å². The Kier molecular flexibility index (Phi) is 6.29. The van der Waals surface area contributed by atoms with E-state index in [0.29, 0.717) is 11.8 Å². The van der Waals surface area contributed by atoms with Crippen LogP contribution in [0.4, 0.5) is 0 Å². The third-order valence-corrected chi connectivity index (χ3v) is 4.76. The summed E-state index contributed by atoms with van der Waals surface area (Å²) >= 11 is 0. The zero-order valence-electron chi connectivity index (χ0n) is 16.2. The van der Waals surface area contributed by atoms with Crippen molar-refractivity contribution < 1.29 is 34.2 Å². The highest BCUT2D eigenvalue weighted by Gasteiger charge is 2.29. The lowest BCUT2D eigenvalue weighted by molar-refractivity contribution is -0.134. The maximum atomic E-state index is 12.8. The lowest BCUT2D eigenvalue weighted by atomic mass is 9.99. The molecule has 4 amide bonds. The van der Waals surface area contributed by atoms with Crippen LogP contribution in [0.5, 0.6) is 11.5 Å². The molecule has 1 saturated heterocycles. The molecule has 2 aromatic carbocycles. The van der Waals surface area contributed by atoms with E-state index in [1.165, 1.54) is 12.1 Å². The molecule has 10 heteroatoms. The maximum absolute atomic E-state index is 12.8. The van der Waals surface area contributed by atoms with Gasteiger partial charge in [-0.2, -0.15) is 0 Å². The van der Waals surface area contributed by atoms with Gasteiger partial charge in [-0.15, -0.1) is 0 Å². The first kappa shape index (κ1) is 21.5. The van der Waals surface area contributed by atoms with Gasteiger partial charge >= 0.3 is 0 Å². The van der Waals surface area contributed by atoms with Crippen LogP contribution in [0, 0.1) is 0 Å². The van der Waals surface area contributed by atoms with Crippen molar-refractivity contribution >= 4 is 29.9 Å². The van der Waals surface area contributed by atoms with Gasteiger partial charge in [-0.1, -0.05) is 18.2 Å². The van der Waals surface area contributed by atoms with E-state index in [9.17, 15) is 34.2 Å². The van der Waals surface area contributed by atoms with Crippen LogP contribution in [-0.4, -0.2) is 46.2 Å². The minimum absolute atomic E-state index is 0.00365. The lowest BCUT2D eigenvalue weighted by Gasteiger charge is -2.22. The summed E-state index contributed by atoms with van der Waals surface area (Å²) in [5.74, 6) is -3.16. The molecule has 1 atom stereocenters. The topological polar surface area (TPSA) is 162 Å². The van der Waals surface area contributed by atoms with E-state index >= 15 is 0 Å². The molecule has 160 valence electrons. The van der Waals surface area contributed by atoms with E-state index in [2.05, 4.69) is 16.0 Å². The second-order valence-electron chi connectivity index (χ2n) is 6.86. The first-order valence-electron chi connectivity index (χ1n) is 9.32. The highest BCUT2D eigenvalue weighted by atomic mass is 16.3. The summed E-state index contributed by atoms with van der Waals surface area (Å²) in [5.41, 5.74) is 0.469. The SMILES string of the molecule is O=Cc1cccc(CNC(=O)c2ccc(O)c(O)c2)c1C(=O)NC1CCC(=O)NC1=O. The molecule has 1 unspecified atom stereocenters. The molecule has 1 aliphatic rings. The van der Waals surface area contributed by atoms with Gasteiger partial charge in [0.25, 0.3) is 11.8 Å². The number of rotatable bonds is 6. The molecule has 2 aromatic rings. The predicted molar refractivity (Wildman–Crippen MR) is 106 cm³/mol. The normalized spacial score (nSPS) is 15.7. The Balaban J connectivity index is 1.78. The number of hydrogen-bond acceptors (Lipinski definition) is 7. The molecular weight excluding hydrogens is 406 g/mol. The molecule has 0 spiro atoms. The number of hydrogen-bond donors (Lipinski definition) is 5. The third-order valence-electron chi connectivity index (χ3n) is 4.76. The molecule has 1 heterocycles. The van der Waals surface area contributed by atoms with Gasteiger partial charge in [-0.3, -0.25) is 29.3 Å². The van der Waals surface area contributed by atoms with E-state index in [-0.39, 0.29) is 41.8 Å². The van der Waals surface area contributed by atoms with Crippen molar-refractivity contribution in [3.05, 3.63) is 58.7 Å². The van der Waals surface area contributed by atoms with Gasteiger partial charge in [0.15, 0.2) is 17.8 Å². The number of amides is 4. The Morgan fingerprint density at radius 3 is 2.55 bits per heavy atom. The number of carbonyl (C=O) groups excluding carboxylic acids is 5. The first-order valence-corrected chi connectivity index (χ1v) is 9.32. The summed E-state index contributed by atoms with van der Waals surface area (Å²) in [5, 5.41) is 26.1. The summed E-state index contributed by atoms with van der Waals surface area (Å²) in [6.07, 6.45) is 0.702. The Morgan fingerprint density at radius 2 is 1.87 bits per heavy atom. The number of phenols is 2. The van der Waals surface area contributed by atoms with Crippen molar-refractivity contribution in [3.8, 4) is 11.5 Å². The number of benzene rings is 2. The highest BCUT2D eigenvalue weighted by molar-refractivity contribution is 6.07. The molecule has 0 radical (unpaired) electrons. The molecule has 1 aliphatic heterocycles. The monoisotopic (exact) mass is 425 g/mol. The first-order chi connectivity index (χ1) is 14.8. The molecule has 3 rings (SSSR count). The fourth-order valence-corrected chi connectivity index (χ4v) is 3.15. The van der Waals surface area contributed by atoms with E-state index in [1.54, 1.807) is 12.1 Å². The van der Waals surface area contributed by atoms with Crippen LogP contribution in [0.3, 0.4) is 0 Å². The molecule has 0 bridgehead atoms. The Hall–Kier alpha value is -4.21. The van der Waals surface area contributed by atoms with Gasteiger partial charge in [0.05, 0.1) is 5.56 Å². The quantitative estimate of drug-likeness (QED) is 0.254. The van der Waals surface area contributed by atoms with Crippen LogP contribution in [0.1, 0.15) is 49.5 Å². The van der Waals surface area contributed by atoms with Crippen LogP contribution >= 0.6 is 0 Å². The fraction of sp³-hybridized carbons (Fsp3) is 0.190. The van der Waals surface area contributed by atoms with E-state index in [1.807, 2.05) is 0 Å². The van der Waals surface area contributed by atoms with Gasteiger partial charge in [0.2, 0.25) is 11.8 Å². The van der Waals surface area contributed by atoms with Crippen molar-refractivity contribution in [2.24, 2.45) is 0 Å². The standard InChI is InChI=1S/C21H19N3O7/c25-10-13-3-1-2-12(9-22-19(29)11-4-6-15(26)16(27)8-11)18(13)21(31)23-14-5-7-17(28)24-20(14)30/h1-4,6,8,10,14,26-27H,5,7,9H2,(H,22,29)(H,23,31)(H,24,28,30). The number of aromatic hydroxyl groups is 2.